The number of benzene rings is 1. The molecule has 27 heavy (non-hydrogen) atoms. The van der Waals surface area contributed by atoms with Crippen LogP contribution in [0.1, 0.15) is 22.0 Å². The zero-order valence-corrected chi connectivity index (χ0v) is 14.6. The highest BCUT2D eigenvalue weighted by Crippen LogP contribution is 2.34. The molecule has 4 rings (SSSR count). The number of rotatable bonds is 5. The van der Waals surface area contributed by atoms with E-state index in [1.165, 1.54) is 0 Å². The van der Waals surface area contributed by atoms with E-state index in [-0.39, 0.29) is 18.4 Å². The summed E-state index contributed by atoms with van der Waals surface area (Å²) in [4.78, 5) is 25.2. The van der Waals surface area contributed by atoms with Gasteiger partial charge in [-0.3, -0.25) is 9.78 Å². The SMILES string of the molecule is Cc1nc(Nc2ccc3c(c2)OCO3)cc(C(=O)NCc2ccccn2)n1. The van der Waals surface area contributed by atoms with E-state index in [1.54, 1.807) is 19.2 Å². The van der Waals surface area contributed by atoms with Crippen LogP contribution in [-0.4, -0.2) is 27.7 Å². The summed E-state index contributed by atoms with van der Waals surface area (Å²) in [5, 5.41) is 5.98. The molecule has 0 spiro atoms. The van der Waals surface area contributed by atoms with E-state index in [0.29, 0.717) is 29.7 Å². The normalized spacial score (nSPS) is 11.9. The summed E-state index contributed by atoms with van der Waals surface area (Å²) in [7, 11) is 0. The number of anilines is 2. The van der Waals surface area contributed by atoms with Gasteiger partial charge in [0, 0.05) is 24.0 Å². The average Bonchev–Trinajstić information content (AvgIpc) is 3.14. The van der Waals surface area contributed by atoms with Crippen molar-refractivity contribution in [3.8, 4) is 11.5 Å². The minimum Gasteiger partial charge on any atom is -0.454 e. The highest BCUT2D eigenvalue weighted by atomic mass is 16.7. The first-order valence-electron chi connectivity index (χ1n) is 8.38. The van der Waals surface area contributed by atoms with Gasteiger partial charge >= 0.3 is 0 Å². The number of aryl methyl sites for hydroxylation is 1. The van der Waals surface area contributed by atoms with Crippen LogP contribution >= 0.6 is 0 Å². The molecule has 0 fully saturated rings. The molecule has 0 atom stereocenters. The molecule has 8 heteroatoms. The number of nitrogens with one attached hydrogen (secondary N) is 2. The largest absolute Gasteiger partial charge is 0.454 e. The zero-order valence-electron chi connectivity index (χ0n) is 14.6. The molecule has 0 radical (unpaired) electrons. The Labute approximate surface area is 155 Å². The Bertz CT molecular complexity index is 978. The van der Waals surface area contributed by atoms with Gasteiger partial charge in [0.15, 0.2) is 11.5 Å². The van der Waals surface area contributed by atoms with E-state index in [0.717, 1.165) is 11.4 Å². The lowest BCUT2D eigenvalue weighted by Gasteiger charge is -2.09. The van der Waals surface area contributed by atoms with Crippen molar-refractivity contribution in [2.24, 2.45) is 0 Å². The number of carbonyl (C=O) groups excluding carboxylic acids is 1. The molecule has 1 aromatic carbocycles. The third-order valence-electron chi connectivity index (χ3n) is 3.87. The second-order valence-corrected chi connectivity index (χ2v) is 5.88. The van der Waals surface area contributed by atoms with Gasteiger partial charge in [0.1, 0.15) is 17.3 Å². The Morgan fingerprint density at radius 2 is 2.00 bits per heavy atom. The quantitative estimate of drug-likeness (QED) is 0.719. The van der Waals surface area contributed by atoms with Crippen molar-refractivity contribution in [3.05, 3.63) is 65.9 Å². The summed E-state index contributed by atoms with van der Waals surface area (Å²) in [6, 6.07) is 12.6. The topological polar surface area (TPSA) is 98.3 Å². The molecule has 1 aliphatic rings. The third-order valence-corrected chi connectivity index (χ3v) is 3.87. The zero-order chi connectivity index (χ0) is 18.6. The summed E-state index contributed by atoms with van der Waals surface area (Å²) in [6.07, 6.45) is 1.68. The fraction of sp³-hybridized carbons (Fsp3) is 0.158. The van der Waals surface area contributed by atoms with E-state index in [4.69, 9.17) is 9.47 Å². The lowest BCUT2D eigenvalue weighted by Crippen LogP contribution is -2.24. The van der Waals surface area contributed by atoms with Crippen LogP contribution in [0.4, 0.5) is 11.5 Å². The minimum atomic E-state index is -0.292. The van der Waals surface area contributed by atoms with Crippen molar-refractivity contribution in [1.82, 2.24) is 20.3 Å². The lowest BCUT2D eigenvalue weighted by atomic mass is 10.2. The first kappa shape index (κ1) is 16.8. The number of amides is 1. The van der Waals surface area contributed by atoms with Crippen molar-refractivity contribution in [1.29, 1.82) is 0 Å². The molecule has 0 saturated carbocycles. The summed E-state index contributed by atoms with van der Waals surface area (Å²) in [5.41, 5.74) is 1.83. The molecule has 0 saturated heterocycles. The van der Waals surface area contributed by atoms with Gasteiger partial charge in [-0.05, 0) is 31.2 Å². The second-order valence-electron chi connectivity index (χ2n) is 5.88. The Morgan fingerprint density at radius 1 is 1.11 bits per heavy atom. The van der Waals surface area contributed by atoms with Crippen molar-refractivity contribution in [2.75, 3.05) is 12.1 Å². The summed E-state index contributed by atoms with van der Waals surface area (Å²) >= 11 is 0. The van der Waals surface area contributed by atoms with Crippen LogP contribution < -0.4 is 20.1 Å². The van der Waals surface area contributed by atoms with E-state index in [1.807, 2.05) is 36.4 Å². The van der Waals surface area contributed by atoms with E-state index in [2.05, 4.69) is 25.6 Å². The molecular weight excluding hydrogens is 346 g/mol. The monoisotopic (exact) mass is 363 g/mol. The van der Waals surface area contributed by atoms with Crippen molar-refractivity contribution >= 4 is 17.4 Å². The Balaban J connectivity index is 1.48. The molecule has 0 bridgehead atoms. The van der Waals surface area contributed by atoms with Gasteiger partial charge in [-0.2, -0.15) is 0 Å². The van der Waals surface area contributed by atoms with Crippen molar-refractivity contribution < 1.29 is 14.3 Å². The standard InChI is InChI=1S/C19H17N5O3/c1-12-22-15(19(25)21-10-14-4-2-3-7-20-14)9-18(23-12)24-13-5-6-16-17(8-13)27-11-26-16/h2-9H,10-11H2,1H3,(H,21,25)(H,22,23,24). The predicted molar refractivity (Wildman–Crippen MR) is 98.0 cm³/mol. The van der Waals surface area contributed by atoms with Crippen LogP contribution in [0, 0.1) is 6.92 Å². The molecule has 1 aliphatic heterocycles. The molecule has 8 nitrogen and oxygen atoms in total. The van der Waals surface area contributed by atoms with Gasteiger partial charge in [-0.25, -0.2) is 9.97 Å². The van der Waals surface area contributed by atoms with Gasteiger partial charge < -0.3 is 20.1 Å². The number of hydrogen-bond acceptors (Lipinski definition) is 7. The Kier molecular flexibility index (Phi) is 4.52. The number of pyridine rings is 1. The Morgan fingerprint density at radius 3 is 2.85 bits per heavy atom. The van der Waals surface area contributed by atoms with Crippen molar-refractivity contribution in [2.45, 2.75) is 13.5 Å². The summed E-state index contributed by atoms with van der Waals surface area (Å²) < 4.78 is 10.7. The molecular formula is C19H17N5O3. The van der Waals surface area contributed by atoms with Gasteiger partial charge in [-0.1, -0.05) is 6.07 Å². The number of aromatic nitrogens is 3. The fourth-order valence-electron chi connectivity index (χ4n) is 2.63. The van der Waals surface area contributed by atoms with Crippen LogP contribution in [-0.2, 0) is 6.54 Å². The molecule has 3 heterocycles. The molecule has 3 aromatic rings. The third kappa shape index (κ3) is 3.95. The fourth-order valence-corrected chi connectivity index (χ4v) is 2.63. The van der Waals surface area contributed by atoms with Gasteiger partial charge in [0.25, 0.3) is 5.91 Å². The highest BCUT2D eigenvalue weighted by Gasteiger charge is 2.15. The van der Waals surface area contributed by atoms with E-state index < -0.39 is 0 Å². The highest BCUT2D eigenvalue weighted by molar-refractivity contribution is 5.93. The molecule has 2 aromatic heterocycles. The van der Waals surface area contributed by atoms with E-state index >= 15 is 0 Å². The second kappa shape index (κ2) is 7.28. The Hall–Kier alpha value is -3.68. The molecule has 1 amide bonds. The number of ether oxygens (including phenoxy) is 2. The summed E-state index contributed by atoms with van der Waals surface area (Å²) in [6.45, 7) is 2.28. The van der Waals surface area contributed by atoms with Crippen LogP contribution in [0.25, 0.3) is 0 Å². The van der Waals surface area contributed by atoms with Gasteiger partial charge in [-0.15, -0.1) is 0 Å². The van der Waals surface area contributed by atoms with Crippen LogP contribution in [0.3, 0.4) is 0 Å². The number of nitrogens with zero attached hydrogens (tertiary/aromatic N) is 3. The molecule has 2 N–H and O–H groups in total. The first-order chi connectivity index (χ1) is 13.2. The van der Waals surface area contributed by atoms with Gasteiger partial charge in [0.2, 0.25) is 6.79 Å². The minimum absolute atomic E-state index is 0.214. The maximum atomic E-state index is 12.4. The molecule has 136 valence electrons. The number of carbonyl (C=O) groups is 1. The molecule has 0 unspecified atom stereocenters. The molecule has 0 aliphatic carbocycles. The van der Waals surface area contributed by atoms with Crippen LogP contribution in [0.15, 0.2) is 48.7 Å². The first-order valence-corrected chi connectivity index (χ1v) is 8.38. The number of fused-ring (bicyclic) bond motifs is 1. The smallest absolute Gasteiger partial charge is 0.270 e. The predicted octanol–water partition coefficient (Wildman–Crippen LogP) is 2.58. The van der Waals surface area contributed by atoms with Crippen LogP contribution in [0.2, 0.25) is 0 Å². The van der Waals surface area contributed by atoms with Crippen molar-refractivity contribution in [3.63, 3.8) is 0 Å². The van der Waals surface area contributed by atoms with Crippen LogP contribution in [0.5, 0.6) is 11.5 Å². The van der Waals surface area contributed by atoms with E-state index in [9.17, 15) is 4.79 Å². The maximum absolute atomic E-state index is 12.4. The average molecular weight is 363 g/mol. The summed E-state index contributed by atoms with van der Waals surface area (Å²) in [5.74, 6) is 2.08. The number of hydrogen-bond donors (Lipinski definition) is 2. The lowest BCUT2D eigenvalue weighted by molar-refractivity contribution is 0.0945. The van der Waals surface area contributed by atoms with Gasteiger partial charge in [0.05, 0.1) is 12.2 Å². The maximum Gasteiger partial charge on any atom is 0.270 e.